The number of nitrogens with zero attached hydrogens (tertiary/aromatic N) is 4. The molecule has 230 valence electrons. The summed E-state index contributed by atoms with van der Waals surface area (Å²) in [6.45, 7) is 0. The van der Waals surface area contributed by atoms with Crippen LogP contribution < -0.4 is 0 Å². The van der Waals surface area contributed by atoms with Crippen LogP contribution >= 0.6 is 0 Å². The van der Waals surface area contributed by atoms with Gasteiger partial charge in [0, 0.05) is 33.2 Å². The fraction of sp³-hybridized carbons (Fsp3) is 0. The van der Waals surface area contributed by atoms with Crippen LogP contribution in [0.15, 0.2) is 182 Å². The molecule has 9 aromatic rings. The third-order valence-corrected chi connectivity index (χ3v) is 8.23. The average Bonchev–Trinajstić information content (AvgIpc) is 3.65. The fourth-order valence-electron chi connectivity index (χ4n) is 5.83. The normalized spacial score (nSPS) is 14.7. The van der Waals surface area contributed by atoms with E-state index in [-0.39, 0.29) is 44.8 Å². The van der Waals surface area contributed by atoms with Gasteiger partial charge in [0.15, 0.2) is 17.5 Å². The van der Waals surface area contributed by atoms with Gasteiger partial charge in [-0.2, -0.15) is 0 Å². The Hall–Kier alpha value is -6.65. The molecule has 2 aromatic heterocycles. The molecular weight excluding hydrogens is 597 g/mol. The average molecular weight is 639 g/mol. The molecule has 0 fully saturated rings. The van der Waals surface area contributed by atoms with Crippen molar-refractivity contribution < 1.29 is 16.4 Å². The lowest BCUT2D eigenvalue weighted by Crippen LogP contribution is -2.00. The number of hydrogen-bond acceptors (Lipinski definition) is 3. The van der Waals surface area contributed by atoms with Crippen LogP contribution in [0.2, 0.25) is 0 Å². The highest BCUT2D eigenvalue weighted by Crippen LogP contribution is 2.35. The van der Waals surface area contributed by atoms with Gasteiger partial charge in [-0.05, 0) is 46.4 Å². The van der Waals surface area contributed by atoms with Gasteiger partial charge in [-0.1, -0.05) is 158 Å². The van der Waals surface area contributed by atoms with E-state index in [4.69, 9.17) is 27.3 Å². The van der Waals surface area contributed by atoms with Crippen LogP contribution in [0.5, 0.6) is 0 Å². The van der Waals surface area contributed by atoms with Crippen molar-refractivity contribution in [2.45, 2.75) is 0 Å². The predicted octanol–water partition coefficient (Wildman–Crippen LogP) is 11.3. The van der Waals surface area contributed by atoms with E-state index < -0.39 is 78.2 Å². The van der Waals surface area contributed by atoms with E-state index in [1.807, 2.05) is 109 Å². The van der Waals surface area contributed by atoms with Gasteiger partial charge in [-0.15, -0.1) is 0 Å². The highest BCUT2D eigenvalue weighted by atomic mass is 15.0. The maximum atomic E-state index is 9.78. The first kappa shape index (κ1) is 18.6. The largest absolute Gasteiger partial charge is 0.309 e. The molecule has 0 aliphatic carbocycles. The fourth-order valence-corrected chi connectivity index (χ4v) is 5.83. The zero-order valence-corrected chi connectivity index (χ0v) is 25.7. The number of fused-ring (bicyclic) bond motifs is 3. The molecule has 0 N–H and O–H groups in total. The van der Waals surface area contributed by atoms with Gasteiger partial charge in [-0.25, -0.2) is 15.0 Å². The summed E-state index contributed by atoms with van der Waals surface area (Å²) >= 11 is 0. The van der Waals surface area contributed by atoms with E-state index in [0.29, 0.717) is 11.1 Å². The molecule has 4 heteroatoms. The first-order valence-electron chi connectivity index (χ1n) is 21.5. The molecule has 0 bridgehead atoms. The molecule has 2 heterocycles. The van der Waals surface area contributed by atoms with Crippen molar-refractivity contribution in [3.05, 3.63) is 182 Å². The molecule has 0 unspecified atom stereocenters. The monoisotopic (exact) mass is 638 g/mol. The summed E-state index contributed by atoms with van der Waals surface area (Å²) in [6, 6.07) is 26.9. The summed E-state index contributed by atoms with van der Waals surface area (Å²) < 4.78 is 107. The van der Waals surface area contributed by atoms with Crippen molar-refractivity contribution >= 4 is 21.8 Å². The highest BCUT2D eigenvalue weighted by molar-refractivity contribution is 6.10. The van der Waals surface area contributed by atoms with E-state index in [1.165, 1.54) is 0 Å². The number of rotatable bonds is 6. The van der Waals surface area contributed by atoms with Gasteiger partial charge in [0.1, 0.15) is 0 Å². The van der Waals surface area contributed by atoms with Gasteiger partial charge in [0.25, 0.3) is 0 Å². The van der Waals surface area contributed by atoms with Crippen molar-refractivity contribution in [1.29, 1.82) is 0 Å². The third kappa shape index (κ3) is 5.35. The van der Waals surface area contributed by atoms with Crippen LogP contribution in [0.3, 0.4) is 0 Å². The van der Waals surface area contributed by atoms with Crippen LogP contribution in [0.4, 0.5) is 0 Å². The maximum Gasteiger partial charge on any atom is 0.164 e. The lowest BCUT2D eigenvalue weighted by molar-refractivity contribution is 1.07. The second-order valence-electron chi connectivity index (χ2n) is 11.2. The van der Waals surface area contributed by atoms with Crippen LogP contribution in [-0.4, -0.2) is 19.5 Å². The highest BCUT2D eigenvalue weighted by Gasteiger charge is 2.17. The Labute approximate surface area is 301 Å². The molecule has 0 spiro atoms. The molecule has 0 aliphatic heterocycles. The molecule has 0 amide bonds. The van der Waals surface area contributed by atoms with Gasteiger partial charge >= 0.3 is 0 Å². The van der Waals surface area contributed by atoms with Crippen LogP contribution in [0, 0.1) is 0 Å². The molecular formula is C45H30N4. The summed E-state index contributed by atoms with van der Waals surface area (Å²) in [5.41, 5.74) is 3.64. The van der Waals surface area contributed by atoms with Gasteiger partial charge in [-0.3, -0.25) is 0 Å². The Morgan fingerprint density at radius 3 is 1.39 bits per heavy atom. The molecule has 0 saturated carbocycles. The van der Waals surface area contributed by atoms with E-state index in [0.717, 1.165) is 26.8 Å². The second kappa shape index (κ2) is 12.2. The summed E-state index contributed by atoms with van der Waals surface area (Å²) in [5.74, 6) is 0.188. The van der Waals surface area contributed by atoms with E-state index in [1.54, 1.807) is 0 Å². The number of hydrogen-bond donors (Lipinski definition) is 0. The lowest BCUT2D eigenvalue weighted by atomic mass is 10.0. The summed E-state index contributed by atoms with van der Waals surface area (Å²) in [4.78, 5) is 14.4. The van der Waals surface area contributed by atoms with E-state index >= 15 is 0 Å². The Balaban J connectivity index is 1.36. The Morgan fingerprint density at radius 1 is 0.367 bits per heavy atom. The van der Waals surface area contributed by atoms with Gasteiger partial charge < -0.3 is 4.57 Å². The molecule has 0 atom stereocenters. The topological polar surface area (TPSA) is 43.6 Å². The third-order valence-electron chi connectivity index (χ3n) is 8.23. The van der Waals surface area contributed by atoms with Crippen molar-refractivity contribution in [1.82, 2.24) is 19.5 Å². The number of para-hydroxylation sites is 2. The van der Waals surface area contributed by atoms with Gasteiger partial charge in [0.05, 0.1) is 27.5 Å². The first-order chi connectivity index (χ1) is 29.3. The first-order valence-corrected chi connectivity index (χ1v) is 15.5. The molecule has 0 radical (unpaired) electrons. The molecule has 0 aliphatic rings. The summed E-state index contributed by atoms with van der Waals surface area (Å²) in [6.07, 6.45) is 0. The van der Waals surface area contributed by atoms with Crippen molar-refractivity contribution in [3.63, 3.8) is 0 Å². The van der Waals surface area contributed by atoms with Crippen molar-refractivity contribution in [2.75, 3.05) is 0 Å². The zero-order chi connectivity index (χ0) is 43.0. The Bertz CT molecular complexity index is 3120. The number of benzene rings is 7. The van der Waals surface area contributed by atoms with Crippen LogP contribution in [-0.2, 0) is 0 Å². The van der Waals surface area contributed by atoms with E-state index in [9.17, 15) is 4.11 Å². The van der Waals surface area contributed by atoms with Crippen LogP contribution in [0.25, 0.3) is 83.9 Å². The van der Waals surface area contributed by atoms with Gasteiger partial charge in [0.2, 0.25) is 0 Å². The predicted molar refractivity (Wildman–Crippen MR) is 201 cm³/mol. The molecule has 0 saturated heterocycles. The van der Waals surface area contributed by atoms with Crippen LogP contribution in [0.1, 0.15) is 16.4 Å². The SMILES string of the molecule is [2H]c1c([2H])c([2H])c(-n2c3c([2H])c([2H])c([2H])c([2H])c3c3c([2H])c([2H])c(-c4nc(-c5ccc(-c6ccccc6)cc5)nc(-c5ccc(-c6ccccc6)cc5)n4)c([2H])c32)c([2H])c1[2H]. The summed E-state index contributed by atoms with van der Waals surface area (Å²) in [7, 11) is 0. The van der Waals surface area contributed by atoms with Crippen molar-refractivity contribution in [3.8, 4) is 62.1 Å². The molecule has 7 aromatic carbocycles. The van der Waals surface area contributed by atoms with Crippen molar-refractivity contribution in [2.24, 2.45) is 0 Å². The second-order valence-corrected chi connectivity index (χ2v) is 11.2. The molecule has 9 rings (SSSR count). The van der Waals surface area contributed by atoms with E-state index in [2.05, 4.69) is 0 Å². The zero-order valence-electron chi connectivity index (χ0n) is 37.7. The standard InChI is InChI=1S/C45H30N4/c1-4-12-31(13-5-1)33-20-24-35(25-21-33)43-46-44(36-26-22-34(23-27-36)32-14-6-2-7-15-32)48-45(47-43)37-28-29-40-39-18-10-11-19-41(39)49(42(40)30-37)38-16-8-3-9-17-38/h1-30H/i3D,8D,9D,10D,11D,16D,17D,18D,19D,28D,29D,30D. The maximum absolute atomic E-state index is 9.78. The molecule has 49 heavy (non-hydrogen) atoms. The Kier molecular flexibility index (Phi) is 4.63. The minimum atomic E-state index is -0.717. The lowest BCUT2D eigenvalue weighted by Gasteiger charge is -2.11. The Morgan fingerprint density at radius 2 is 0.816 bits per heavy atom. The molecule has 4 nitrogen and oxygen atoms in total. The number of aromatic nitrogens is 4. The summed E-state index contributed by atoms with van der Waals surface area (Å²) in [5, 5.41) is -0.490. The quantitative estimate of drug-likeness (QED) is 0.182. The minimum Gasteiger partial charge on any atom is -0.309 e. The smallest absolute Gasteiger partial charge is 0.164 e. The minimum absolute atomic E-state index is 0.179.